The van der Waals surface area contributed by atoms with Gasteiger partial charge in [0.15, 0.2) is 0 Å². The van der Waals surface area contributed by atoms with Crippen LogP contribution in [0.3, 0.4) is 0 Å². The van der Waals surface area contributed by atoms with E-state index in [1.165, 1.54) is 18.1 Å². The minimum Gasteiger partial charge on any atom is -0.487 e. The van der Waals surface area contributed by atoms with Crippen molar-refractivity contribution < 1.29 is 18.5 Å². The van der Waals surface area contributed by atoms with Crippen LogP contribution in [0.4, 0.5) is 0 Å². The number of hydrogen-bond acceptors (Lipinski definition) is 5. The van der Waals surface area contributed by atoms with Crippen LogP contribution < -0.4 is 8.92 Å². The van der Waals surface area contributed by atoms with Crippen molar-refractivity contribution in [3.63, 3.8) is 0 Å². The molecule has 1 atom stereocenters. The fourth-order valence-corrected chi connectivity index (χ4v) is 2.35. The molecule has 0 fully saturated rings. The number of ether oxygens (including phenoxy) is 2. The average Bonchev–Trinajstić information content (AvgIpc) is 2.61. The lowest BCUT2D eigenvalue weighted by molar-refractivity contribution is -0.144. The molecule has 0 heterocycles. The number of carbonyl (C=O) groups excluding carboxylic acids is 1. The average molecular weight is 344 g/mol. The zero-order chi connectivity index (χ0) is 17.2. The van der Waals surface area contributed by atoms with E-state index in [0.29, 0.717) is 5.75 Å². The molecule has 1 unspecified atom stereocenters. The van der Waals surface area contributed by atoms with Crippen molar-refractivity contribution in [1.29, 1.82) is 0 Å². The first kappa shape index (κ1) is 17.9. The van der Waals surface area contributed by atoms with Crippen LogP contribution in [0.5, 0.6) is 11.5 Å². The first-order valence-electron chi connectivity index (χ1n) is 7.60. The van der Waals surface area contributed by atoms with Gasteiger partial charge < -0.3 is 13.7 Å². The third-order valence-corrected chi connectivity index (χ3v) is 3.67. The van der Waals surface area contributed by atoms with E-state index in [9.17, 15) is 4.79 Å². The van der Waals surface area contributed by atoms with Crippen molar-refractivity contribution in [2.24, 2.45) is 0 Å². The summed E-state index contributed by atoms with van der Waals surface area (Å²) in [6, 6.07) is 17.2. The van der Waals surface area contributed by atoms with E-state index >= 15 is 0 Å². The van der Waals surface area contributed by atoms with Crippen LogP contribution in [0.2, 0.25) is 0 Å². The Kier molecular flexibility index (Phi) is 7.23. The summed E-state index contributed by atoms with van der Waals surface area (Å²) in [4.78, 5) is 12.2. The molecule has 0 aliphatic carbocycles. The number of carbonyl (C=O) groups is 1. The van der Waals surface area contributed by atoms with Crippen LogP contribution in [0, 0.1) is 0 Å². The summed E-state index contributed by atoms with van der Waals surface area (Å²) in [6.07, 6.45) is 1.50. The van der Waals surface area contributed by atoms with Crippen LogP contribution >= 0.6 is 12.0 Å². The van der Waals surface area contributed by atoms with E-state index in [4.69, 9.17) is 13.7 Å². The van der Waals surface area contributed by atoms with E-state index in [2.05, 4.69) is 6.58 Å². The minimum absolute atomic E-state index is 0.208. The van der Waals surface area contributed by atoms with Crippen molar-refractivity contribution >= 4 is 18.0 Å². The molecule has 0 saturated heterocycles. The quantitative estimate of drug-likeness (QED) is 0.376. The van der Waals surface area contributed by atoms with Crippen molar-refractivity contribution in [3.05, 3.63) is 67.3 Å². The Hall–Kier alpha value is -2.40. The highest BCUT2D eigenvalue weighted by molar-refractivity contribution is 7.95. The van der Waals surface area contributed by atoms with Gasteiger partial charge in [0.2, 0.25) is 0 Å². The normalized spacial score (nSPS) is 11.4. The maximum absolute atomic E-state index is 11.3. The highest BCUT2D eigenvalue weighted by Crippen LogP contribution is 2.25. The second kappa shape index (κ2) is 9.67. The van der Waals surface area contributed by atoms with Crippen LogP contribution in [0.25, 0.3) is 0 Å². The molecule has 5 heteroatoms. The summed E-state index contributed by atoms with van der Waals surface area (Å²) in [5, 5.41) is 0. The van der Waals surface area contributed by atoms with Crippen LogP contribution in [0.1, 0.15) is 13.3 Å². The fraction of sp³-hybridized carbons (Fsp3) is 0.211. The molecule has 0 saturated carbocycles. The van der Waals surface area contributed by atoms with Gasteiger partial charge in [-0.1, -0.05) is 24.3 Å². The lowest BCUT2D eigenvalue weighted by Crippen LogP contribution is -2.21. The molecular formula is C19H20O4S. The monoisotopic (exact) mass is 344 g/mol. The summed E-state index contributed by atoms with van der Waals surface area (Å²) >= 11 is 1.29. The maximum Gasteiger partial charge on any atom is 0.309 e. The number of para-hydroxylation sites is 1. The predicted molar refractivity (Wildman–Crippen MR) is 95.2 cm³/mol. The molecule has 2 rings (SSSR count). The van der Waals surface area contributed by atoms with Crippen molar-refractivity contribution in [1.82, 2.24) is 0 Å². The second-order valence-corrected chi connectivity index (χ2v) is 5.86. The van der Waals surface area contributed by atoms with Gasteiger partial charge in [0, 0.05) is 4.90 Å². The van der Waals surface area contributed by atoms with Gasteiger partial charge in [-0.2, -0.15) is 0 Å². The van der Waals surface area contributed by atoms with Crippen molar-refractivity contribution in [2.75, 3.05) is 6.61 Å². The van der Waals surface area contributed by atoms with Crippen LogP contribution in [0.15, 0.2) is 72.1 Å². The molecule has 0 radical (unpaired) electrons. The Morgan fingerprint density at radius 1 is 1.12 bits per heavy atom. The van der Waals surface area contributed by atoms with Crippen LogP contribution in [-0.4, -0.2) is 18.7 Å². The third kappa shape index (κ3) is 6.38. The van der Waals surface area contributed by atoms with E-state index in [1.54, 1.807) is 0 Å². The Morgan fingerprint density at radius 2 is 1.83 bits per heavy atom. The molecule has 0 aliphatic heterocycles. The molecule has 0 N–H and O–H groups in total. The molecule has 2 aromatic rings. The van der Waals surface area contributed by atoms with Crippen molar-refractivity contribution in [3.8, 4) is 11.5 Å². The molecule has 0 spiro atoms. The van der Waals surface area contributed by atoms with Gasteiger partial charge in [-0.05, 0) is 43.3 Å². The molecule has 24 heavy (non-hydrogen) atoms. The number of esters is 1. The molecule has 2 aromatic carbocycles. The Bertz CT molecular complexity index is 640. The Balaban J connectivity index is 1.77. The summed E-state index contributed by atoms with van der Waals surface area (Å²) in [5.74, 6) is 1.22. The predicted octanol–water partition coefficient (Wildman–Crippen LogP) is 4.66. The summed E-state index contributed by atoms with van der Waals surface area (Å²) in [5.41, 5.74) is 0. The van der Waals surface area contributed by atoms with Gasteiger partial charge in [0.25, 0.3) is 0 Å². The van der Waals surface area contributed by atoms with Gasteiger partial charge in [0.05, 0.1) is 18.5 Å². The largest absolute Gasteiger partial charge is 0.487 e. The SMILES string of the molecule is C=CCC(=O)OCC(C)Oc1ccc(SOc2ccccc2)cc1. The first-order chi connectivity index (χ1) is 11.7. The maximum atomic E-state index is 11.3. The smallest absolute Gasteiger partial charge is 0.309 e. The number of rotatable bonds is 9. The van der Waals surface area contributed by atoms with Crippen LogP contribution in [-0.2, 0) is 9.53 Å². The highest BCUT2D eigenvalue weighted by Gasteiger charge is 2.08. The van der Waals surface area contributed by atoms with Gasteiger partial charge in [-0.3, -0.25) is 4.79 Å². The highest BCUT2D eigenvalue weighted by atomic mass is 32.2. The first-order valence-corrected chi connectivity index (χ1v) is 8.34. The zero-order valence-corrected chi connectivity index (χ0v) is 14.3. The van der Waals surface area contributed by atoms with Gasteiger partial charge in [-0.25, -0.2) is 0 Å². The molecule has 126 valence electrons. The third-order valence-electron chi connectivity index (χ3n) is 2.93. The fourth-order valence-electron chi connectivity index (χ4n) is 1.80. The van der Waals surface area contributed by atoms with E-state index < -0.39 is 0 Å². The van der Waals surface area contributed by atoms with Crippen molar-refractivity contribution in [2.45, 2.75) is 24.3 Å². The Labute approximate surface area is 146 Å². The van der Waals surface area contributed by atoms with E-state index in [0.717, 1.165) is 10.6 Å². The van der Waals surface area contributed by atoms with Gasteiger partial charge >= 0.3 is 5.97 Å². The molecule has 0 aliphatic rings. The number of benzene rings is 2. The molecule has 0 amide bonds. The second-order valence-electron chi connectivity index (χ2n) is 5.06. The lowest BCUT2D eigenvalue weighted by Gasteiger charge is -2.15. The van der Waals surface area contributed by atoms with E-state index in [1.807, 2.05) is 61.5 Å². The summed E-state index contributed by atoms with van der Waals surface area (Å²) in [6.45, 7) is 5.55. The van der Waals surface area contributed by atoms with Gasteiger partial charge in [0.1, 0.15) is 24.2 Å². The lowest BCUT2D eigenvalue weighted by atomic mass is 10.3. The topological polar surface area (TPSA) is 44.8 Å². The number of hydrogen-bond donors (Lipinski definition) is 0. The zero-order valence-electron chi connectivity index (χ0n) is 13.5. The standard InChI is InChI=1S/C19H20O4S/c1-3-7-19(20)21-14-15(2)22-16-10-12-18(13-11-16)24-23-17-8-5-4-6-9-17/h3-6,8-13,15H,1,7,14H2,2H3. The Morgan fingerprint density at radius 3 is 2.50 bits per heavy atom. The van der Waals surface area contributed by atoms with E-state index in [-0.39, 0.29) is 25.1 Å². The molecule has 0 bridgehead atoms. The molecule has 0 aromatic heterocycles. The summed E-state index contributed by atoms with van der Waals surface area (Å²) < 4.78 is 16.4. The molecular weight excluding hydrogens is 324 g/mol. The molecule has 4 nitrogen and oxygen atoms in total. The minimum atomic E-state index is -0.301. The van der Waals surface area contributed by atoms with Gasteiger partial charge in [-0.15, -0.1) is 6.58 Å². The summed E-state index contributed by atoms with van der Waals surface area (Å²) in [7, 11) is 0.